The van der Waals surface area contributed by atoms with E-state index in [9.17, 15) is 0 Å². The fourth-order valence-electron chi connectivity index (χ4n) is 1.91. The second-order valence-electron chi connectivity index (χ2n) is 4.86. The topological polar surface area (TPSA) is 66.4 Å². The van der Waals surface area contributed by atoms with Gasteiger partial charge >= 0.3 is 18.0 Å². The largest absolute Gasteiger partial charge is 0.459 e. The van der Waals surface area contributed by atoms with E-state index in [4.69, 9.17) is 14.2 Å². The maximum absolute atomic E-state index is 5.42. The molecule has 21 heavy (non-hydrogen) atoms. The fraction of sp³-hybridized carbons (Fsp3) is 0.500. The van der Waals surface area contributed by atoms with Gasteiger partial charge in [-0.2, -0.15) is 0 Å². The van der Waals surface area contributed by atoms with E-state index in [1.807, 2.05) is 0 Å². The van der Waals surface area contributed by atoms with Crippen LogP contribution in [-0.4, -0.2) is 61.5 Å². The molecule has 2 rings (SSSR count). The van der Waals surface area contributed by atoms with Crippen molar-refractivity contribution in [2.24, 2.45) is 0 Å². The van der Waals surface area contributed by atoms with Crippen molar-refractivity contribution in [2.75, 3.05) is 46.6 Å². The number of hydrogen-bond donors (Lipinski definition) is 0. The predicted octanol–water partition coefficient (Wildman–Crippen LogP) is 0.968. The van der Waals surface area contributed by atoms with Crippen molar-refractivity contribution in [3.63, 3.8) is 0 Å². The van der Waals surface area contributed by atoms with Crippen LogP contribution >= 0.6 is 0 Å². The number of likely N-dealkylation sites (N-methyl/N-ethyl adjacent to an activating group) is 1. The minimum absolute atomic E-state index is 0.241. The van der Waals surface area contributed by atoms with Crippen LogP contribution in [0.5, 0.6) is 12.0 Å². The molecular formula is C14H21N4O3+. The zero-order valence-electron chi connectivity index (χ0n) is 12.3. The minimum Gasteiger partial charge on any atom is -0.459 e. The van der Waals surface area contributed by atoms with Gasteiger partial charge in [0.05, 0.1) is 20.3 Å². The summed E-state index contributed by atoms with van der Waals surface area (Å²) in [6, 6.07) is 0.481. The monoisotopic (exact) mass is 293 g/mol. The fourth-order valence-corrected chi connectivity index (χ4v) is 1.91. The number of hydrogen-bond acceptors (Lipinski definition) is 6. The highest BCUT2D eigenvalue weighted by Gasteiger charge is 2.33. The number of quaternary nitrogens is 1. The van der Waals surface area contributed by atoms with Crippen molar-refractivity contribution in [2.45, 2.75) is 0 Å². The summed E-state index contributed by atoms with van der Waals surface area (Å²) >= 11 is 0. The molecule has 0 N–H and O–H groups in total. The van der Waals surface area contributed by atoms with Crippen LogP contribution in [0.2, 0.25) is 0 Å². The molecule has 1 aliphatic rings. The van der Waals surface area contributed by atoms with Crippen molar-refractivity contribution in [1.29, 1.82) is 0 Å². The molecule has 1 saturated heterocycles. The third kappa shape index (κ3) is 3.99. The lowest BCUT2D eigenvalue weighted by atomic mass is 10.4. The van der Waals surface area contributed by atoms with E-state index >= 15 is 0 Å². The van der Waals surface area contributed by atoms with E-state index in [0.29, 0.717) is 36.9 Å². The summed E-state index contributed by atoms with van der Waals surface area (Å²) in [5.41, 5.74) is 0. The van der Waals surface area contributed by atoms with Gasteiger partial charge in [-0.3, -0.25) is 4.48 Å². The second-order valence-corrected chi connectivity index (χ2v) is 4.86. The first kappa shape index (κ1) is 15.4. The first-order chi connectivity index (χ1) is 10.2. The van der Waals surface area contributed by atoms with Crippen LogP contribution in [0.15, 0.2) is 25.3 Å². The SMILES string of the molecule is C=CCOc1nc(OCC=C)nc([N+]2(C)CCOCC2)n1. The molecule has 0 radical (unpaired) electrons. The van der Waals surface area contributed by atoms with E-state index in [1.165, 1.54) is 0 Å². The number of morpholine rings is 1. The van der Waals surface area contributed by atoms with Crippen LogP contribution in [0.1, 0.15) is 0 Å². The lowest BCUT2D eigenvalue weighted by Crippen LogP contribution is -2.54. The third-order valence-electron chi connectivity index (χ3n) is 3.18. The van der Waals surface area contributed by atoms with Gasteiger partial charge in [-0.15, -0.1) is 15.0 Å². The summed E-state index contributed by atoms with van der Waals surface area (Å²) in [4.78, 5) is 12.9. The van der Waals surface area contributed by atoms with Gasteiger partial charge < -0.3 is 14.2 Å². The molecule has 7 nitrogen and oxygen atoms in total. The maximum Gasteiger partial charge on any atom is 0.338 e. The zero-order valence-corrected chi connectivity index (χ0v) is 12.3. The minimum atomic E-state index is 0.241. The molecule has 0 atom stereocenters. The molecule has 2 heterocycles. The second kappa shape index (κ2) is 7.14. The van der Waals surface area contributed by atoms with Gasteiger partial charge in [0.2, 0.25) is 0 Å². The Hall–Kier alpha value is -1.99. The summed E-state index contributed by atoms with van der Waals surface area (Å²) in [7, 11) is 2.06. The summed E-state index contributed by atoms with van der Waals surface area (Å²) < 4.78 is 16.8. The van der Waals surface area contributed by atoms with Gasteiger partial charge in [0.25, 0.3) is 0 Å². The highest BCUT2D eigenvalue weighted by atomic mass is 16.5. The summed E-state index contributed by atoms with van der Waals surface area (Å²) in [5, 5.41) is 0. The van der Waals surface area contributed by atoms with Gasteiger partial charge in [-0.1, -0.05) is 25.3 Å². The predicted molar refractivity (Wildman–Crippen MR) is 79.5 cm³/mol. The van der Waals surface area contributed by atoms with Crippen molar-refractivity contribution < 1.29 is 14.2 Å². The molecule has 7 heteroatoms. The quantitative estimate of drug-likeness (QED) is 0.551. The van der Waals surface area contributed by atoms with E-state index < -0.39 is 0 Å². The molecule has 0 amide bonds. The van der Waals surface area contributed by atoms with Crippen LogP contribution in [0, 0.1) is 0 Å². The van der Waals surface area contributed by atoms with Crippen molar-refractivity contribution >= 4 is 5.95 Å². The Morgan fingerprint density at radius 2 is 1.57 bits per heavy atom. The van der Waals surface area contributed by atoms with Gasteiger partial charge in [0.15, 0.2) is 0 Å². The average Bonchev–Trinajstić information content (AvgIpc) is 2.51. The van der Waals surface area contributed by atoms with E-state index in [-0.39, 0.29) is 12.0 Å². The molecule has 1 aromatic rings. The normalized spacial score (nSPS) is 17.0. The molecule has 0 unspecified atom stereocenters. The van der Waals surface area contributed by atoms with Gasteiger partial charge in [0.1, 0.15) is 26.3 Å². The van der Waals surface area contributed by atoms with Crippen LogP contribution in [0.3, 0.4) is 0 Å². The van der Waals surface area contributed by atoms with E-state index in [1.54, 1.807) is 12.2 Å². The Kier molecular flexibility index (Phi) is 5.24. The Morgan fingerprint density at radius 1 is 1.05 bits per heavy atom. The summed E-state index contributed by atoms with van der Waals surface area (Å²) in [6.07, 6.45) is 3.28. The molecule has 0 aromatic carbocycles. The molecule has 1 aliphatic heterocycles. The number of ether oxygens (including phenoxy) is 3. The highest BCUT2D eigenvalue weighted by Crippen LogP contribution is 2.22. The standard InChI is InChI=1S/C14H21N4O3/c1-4-8-20-13-15-12(16-14(17-13)21-9-5-2)18(3)6-10-19-11-7-18/h4-5H,1-2,6-11H2,3H3/q+1. The molecule has 0 spiro atoms. The zero-order chi connectivity index (χ0) is 15.1. The van der Waals surface area contributed by atoms with Crippen LogP contribution < -0.4 is 14.0 Å². The molecule has 0 bridgehead atoms. The Balaban J connectivity index is 2.28. The van der Waals surface area contributed by atoms with Crippen molar-refractivity contribution in [3.05, 3.63) is 25.3 Å². The average molecular weight is 293 g/mol. The molecule has 114 valence electrons. The molecular weight excluding hydrogens is 272 g/mol. The van der Waals surface area contributed by atoms with E-state index in [2.05, 4.69) is 35.2 Å². The number of nitrogens with zero attached hydrogens (tertiary/aromatic N) is 4. The van der Waals surface area contributed by atoms with E-state index in [0.717, 1.165) is 13.1 Å². The lowest BCUT2D eigenvalue weighted by molar-refractivity contribution is 0.0488. The van der Waals surface area contributed by atoms with Crippen LogP contribution in [-0.2, 0) is 4.74 Å². The lowest BCUT2D eigenvalue weighted by Gasteiger charge is -2.34. The molecule has 1 aromatic heterocycles. The first-order valence-corrected chi connectivity index (χ1v) is 6.84. The smallest absolute Gasteiger partial charge is 0.338 e. The summed E-state index contributed by atoms with van der Waals surface area (Å²) in [6.45, 7) is 10.8. The Bertz CT molecular complexity index is 471. The van der Waals surface area contributed by atoms with Gasteiger partial charge in [-0.25, -0.2) is 0 Å². The molecule has 0 saturated carbocycles. The summed E-state index contributed by atoms with van der Waals surface area (Å²) in [5.74, 6) is 0.617. The van der Waals surface area contributed by atoms with Crippen molar-refractivity contribution in [1.82, 2.24) is 19.4 Å². The maximum atomic E-state index is 5.42. The third-order valence-corrected chi connectivity index (χ3v) is 3.18. The van der Waals surface area contributed by atoms with Crippen LogP contribution in [0.4, 0.5) is 5.95 Å². The number of aromatic nitrogens is 3. The van der Waals surface area contributed by atoms with Gasteiger partial charge in [-0.05, 0) is 0 Å². The molecule has 0 aliphatic carbocycles. The van der Waals surface area contributed by atoms with Crippen LogP contribution in [0.25, 0.3) is 0 Å². The Labute approximate surface area is 124 Å². The highest BCUT2D eigenvalue weighted by molar-refractivity contribution is 5.28. The van der Waals surface area contributed by atoms with Gasteiger partial charge in [0, 0.05) is 0 Å². The number of rotatable bonds is 7. The Morgan fingerprint density at radius 3 is 2.05 bits per heavy atom. The molecule has 1 fully saturated rings. The first-order valence-electron chi connectivity index (χ1n) is 6.84. The van der Waals surface area contributed by atoms with Crippen molar-refractivity contribution in [3.8, 4) is 12.0 Å².